The molecule has 0 bridgehead atoms. The minimum absolute atomic E-state index is 0.0432. The Morgan fingerprint density at radius 1 is 1.13 bits per heavy atom. The molecular formula is C19H20ClNOS. The Balaban J connectivity index is 1.73. The number of benzene rings is 2. The normalized spacial score (nSPS) is 18.5. The number of rotatable bonds is 2. The molecule has 1 amide bonds. The monoisotopic (exact) mass is 345 g/mol. The van der Waals surface area contributed by atoms with Gasteiger partial charge in [0.2, 0.25) is 0 Å². The largest absolute Gasteiger partial charge is 0.338 e. The lowest BCUT2D eigenvalue weighted by atomic mass is 10.0. The zero-order chi connectivity index (χ0) is 16.2. The second-order valence-electron chi connectivity index (χ2n) is 5.78. The molecular weight excluding hydrogens is 326 g/mol. The van der Waals surface area contributed by atoms with Crippen LogP contribution in [0.2, 0.25) is 5.02 Å². The van der Waals surface area contributed by atoms with Gasteiger partial charge in [-0.1, -0.05) is 48.0 Å². The Labute approximate surface area is 146 Å². The first-order valence-corrected chi connectivity index (χ1v) is 9.30. The smallest absolute Gasteiger partial charge is 0.255 e. The quantitative estimate of drug-likeness (QED) is 0.766. The van der Waals surface area contributed by atoms with Crippen LogP contribution < -0.4 is 0 Å². The third-order valence-electron chi connectivity index (χ3n) is 4.27. The molecule has 0 radical (unpaired) electrons. The van der Waals surface area contributed by atoms with Gasteiger partial charge in [0.1, 0.15) is 0 Å². The van der Waals surface area contributed by atoms with E-state index >= 15 is 0 Å². The van der Waals surface area contributed by atoms with Crippen LogP contribution in [-0.2, 0) is 0 Å². The molecule has 1 heterocycles. The number of aryl methyl sites for hydroxylation is 1. The number of carbonyl (C=O) groups excluding carboxylic acids is 1. The van der Waals surface area contributed by atoms with Gasteiger partial charge >= 0.3 is 0 Å². The molecule has 4 heteroatoms. The van der Waals surface area contributed by atoms with Crippen LogP contribution in [0.4, 0.5) is 0 Å². The van der Waals surface area contributed by atoms with E-state index < -0.39 is 0 Å². The highest BCUT2D eigenvalue weighted by Crippen LogP contribution is 2.36. The predicted octanol–water partition coefficient (Wildman–Crippen LogP) is 4.97. The molecule has 2 nitrogen and oxygen atoms in total. The van der Waals surface area contributed by atoms with Gasteiger partial charge in [0.25, 0.3) is 5.91 Å². The summed E-state index contributed by atoms with van der Waals surface area (Å²) < 4.78 is 0. The molecule has 1 atom stereocenters. The first-order chi connectivity index (χ1) is 11.2. The van der Waals surface area contributed by atoms with E-state index in [2.05, 4.69) is 31.2 Å². The van der Waals surface area contributed by atoms with Crippen molar-refractivity contribution < 1.29 is 4.79 Å². The van der Waals surface area contributed by atoms with Gasteiger partial charge in [-0.25, -0.2) is 0 Å². The van der Waals surface area contributed by atoms with Crippen LogP contribution in [0.3, 0.4) is 0 Å². The molecule has 0 N–H and O–H groups in total. The van der Waals surface area contributed by atoms with Crippen molar-refractivity contribution >= 4 is 29.3 Å². The second-order valence-corrected chi connectivity index (χ2v) is 7.49. The Bertz CT molecular complexity index is 703. The van der Waals surface area contributed by atoms with Gasteiger partial charge in [0.15, 0.2) is 0 Å². The third-order valence-corrected chi connectivity index (χ3v) is 5.91. The van der Waals surface area contributed by atoms with Gasteiger partial charge in [-0.3, -0.25) is 4.79 Å². The highest BCUT2D eigenvalue weighted by Gasteiger charge is 2.24. The lowest BCUT2D eigenvalue weighted by molar-refractivity contribution is 0.0767. The molecule has 1 aliphatic rings. The molecule has 2 aromatic carbocycles. The van der Waals surface area contributed by atoms with Crippen molar-refractivity contribution in [1.82, 2.24) is 4.90 Å². The minimum atomic E-state index is 0.0432. The topological polar surface area (TPSA) is 20.3 Å². The van der Waals surface area contributed by atoms with Gasteiger partial charge in [-0.2, -0.15) is 11.8 Å². The summed E-state index contributed by atoms with van der Waals surface area (Å²) in [4.78, 5) is 14.7. The van der Waals surface area contributed by atoms with Crippen LogP contribution in [0, 0.1) is 6.92 Å². The first-order valence-electron chi connectivity index (χ1n) is 7.88. The Kier molecular flexibility index (Phi) is 5.29. The molecule has 2 aromatic rings. The second kappa shape index (κ2) is 7.41. The van der Waals surface area contributed by atoms with Gasteiger partial charge in [-0.15, -0.1) is 0 Å². The molecule has 1 aliphatic heterocycles. The molecule has 1 unspecified atom stereocenters. The predicted molar refractivity (Wildman–Crippen MR) is 98.4 cm³/mol. The van der Waals surface area contributed by atoms with Crippen molar-refractivity contribution in [1.29, 1.82) is 0 Å². The summed E-state index contributed by atoms with van der Waals surface area (Å²) in [6.07, 6.45) is 0.978. The van der Waals surface area contributed by atoms with E-state index in [1.165, 1.54) is 11.1 Å². The van der Waals surface area contributed by atoms with E-state index in [4.69, 9.17) is 11.6 Å². The summed E-state index contributed by atoms with van der Waals surface area (Å²) >= 11 is 8.12. The number of thioether (sulfide) groups is 1. The van der Waals surface area contributed by atoms with Crippen molar-refractivity contribution in [2.24, 2.45) is 0 Å². The summed E-state index contributed by atoms with van der Waals surface area (Å²) in [5.74, 6) is 0.997. The molecule has 0 aromatic heterocycles. The molecule has 0 aliphatic carbocycles. The van der Waals surface area contributed by atoms with Crippen LogP contribution in [0.15, 0.2) is 48.5 Å². The minimum Gasteiger partial charge on any atom is -0.338 e. The summed E-state index contributed by atoms with van der Waals surface area (Å²) in [6, 6.07) is 15.8. The fourth-order valence-electron chi connectivity index (χ4n) is 2.97. The number of nitrogens with zero attached hydrogens (tertiary/aromatic N) is 1. The Morgan fingerprint density at radius 3 is 2.65 bits per heavy atom. The Hall–Kier alpha value is -1.45. The fourth-order valence-corrected chi connectivity index (χ4v) is 4.52. The molecule has 120 valence electrons. The summed E-state index contributed by atoms with van der Waals surface area (Å²) in [6.45, 7) is 3.71. The maximum atomic E-state index is 12.7. The molecule has 0 saturated carbocycles. The van der Waals surface area contributed by atoms with E-state index in [0.29, 0.717) is 15.8 Å². The van der Waals surface area contributed by atoms with Gasteiger partial charge in [-0.05, 0) is 36.6 Å². The van der Waals surface area contributed by atoms with Crippen molar-refractivity contribution in [3.63, 3.8) is 0 Å². The van der Waals surface area contributed by atoms with E-state index in [0.717, 1.165) is 25.3 Å². The van der Waals surface area contributed by atoms with Crippen molar-refractivity contribution in [3.05, 3.63) is 70.2 Å². The van der Waals surface area contributed by atoms with Crippen LogP contribution in [0.5, 0.6) is 0 Å². The Morgan fingerprint density at radius 2 is 1.87 bits per heavy atom. The average Bonchev–Trinajstić information content (AvgIpc) is 2.81. The van der Waals surface area contributed by atoms with Gasteiger partial charge in [0.05, 0.1) is 10.6 Å². The number of hydrogen-bond acceptors (Lipinski definition) is 2. The highest BCUT2D eigenvalue weighted by molar-refractivity contribution is 7.99. The van der Waals surface area contributed by atoms with Crippen molar-refractivity contribution in [3.8, 4) is 0 Å². The lowest BCUT2D eigenvalue weighted by Gasteiger charge is -2.21. The van der Waals surface area contributed by atoms with E-state index in [1.807, 2.05) is 34.9 Å². The van der Waals surface area contributed by atoms with Crippen LogP contribution in [-0.4, -0.2) is 29.6 Å². The van der Waals surface area contributed by atoms with Gasteiger partial charge in [0, 0.05) is 24.1 Å². The maximum Gasteiger partial charge on any atom is 0.255 e. The summed E-state index contributed by atoms with van der Waals surface area (Å²) in [7, 11) is 0. The molecule has 23 heavy (non-hydrogen) atoms. The van der Waals surface area contributed by atoms with E-state index in [1.54, 1.807) is 6.07 Å². The van der Waals surface area contributed by atoms with Gasteiger partial charge < -0.3 is 4.90 Å². The molecule has 3 rings (SSSR count). The number of hydrogen-bond donors (Lipinski definition) is 0. The third kappa shape index (κ3) is 3.73. The number of halogens is 1. The molecule has 1 fully saturated rings. The van der Waals surface area contributed by atoms with Crippen LogP contribution in [0.25, 0.3) is 0 Å². The van der Waals surface area contributed by atoms with E-state index in [-0.39, 0.29) is 5.91 Å². The summed E-state index contributed by atoms with van der Waals surface area (Å²) in [5, 5.41) is 0.991. The number of amides is 1. The molecule has 0 spiro atoms. The summed E-state index contributed by atoms with van der Waals surface area (Å²) in [5.41, 5.74) is 3.33. The first kappa shape index (κ1) is 16.4. The lowest BCUT2D eigenvalue weighted by Crippen LogP contribution is -2.33. The van der Waals surface area contributed by atoms with Crippen molar-refractivity contribution in [2.45, 2.75) is 18.6 Å². The fraction of sp³-hybridized carbons (Fsp3) is 0.316. The SMILES string of the molecule is Cc1ccccc1C1CCN(C(=O)c2ccccc2Cl)CCS1. The van der Waals surface area contributed by atoms with Crippen LogP contribution >= 0.6 is 23.4 Å². The van der Waals surface area contributed by atoms with Crippen LogP contribution in [0.1, 0.15) is 33.2 Å². The highest BCUT2D eigenvalue weighted by atomic mass is 35.5. The van der Waals surface area contributed by atoms with Crippen molar-refractivity contribution in [2.75, 3.05) is 18.8 Å². The molecule has 1 saturated heterocycles. The zero-order valence-corrected chi connectivity index (χ0v) is 14.7. The number of carbonyl (C=O) groups is 1. The zero-order valence-electron chi connectivity index (χ0n) is 13.2. The maximum absolute atomic E-state index is 12.7. The standard InChI is InChI=1S/C19H20ClNOS/c1-14-6-2-3-7-15(14)18-10-11-21(12-13-23-18)19(22)16-8-4-5-9-17(16)20/h2-9,18H,10-13H2,1H3. The average molecular weight is 346 g/mol. The van der Waals surface area contributed by atoms with E-state index in [9.17, 15) is 4.79 Å².